The van der Waals surface area contributed by atoms with E-state index in [1.807, 2.05) is 18.2 Å². The van der Waals surface area contributed by atoms with Crippen LogP contribution in [0.4, 0.5) is 10.1 Å². The van der Waals surface area contributed by atoms with E-state index in [2.05, 4.69) is 0 Å². The first kappa shape index (κ1) is 13.9. The zero-order chi connectivity index (χ0) is 15.0. The second kappa shape index (κ2) is 5.37. The van der Waals surface area contributed by atoms with Crippen LogP contribution in [0.15, 0.2) is 36.4 Å². The lowest BCUT2D eigenvalue weighted by atomic mass is 9.97. The number of nitrogen functional groups attached to an aromatic ring is 1. The molecule has 0 spiro atoms. The fraction of sp³-hybridized carbons (Fsp3) is 0.188. The summed E-state index contributed by atoms with van der Waals surface area (Å²) in [6.45, 7) is 1.08. The minimum Gasteiger partial charge on any atom is -0.398 e. The summed E-state index contributed by atoms with van der Waals surface area (Å²) in [5.41, 5.74) is 9.23. The van der Waals surface area contributed by atoms with Gasteiger partial charge in [-0.25, -0.2) is 4.39 Å². The van der Waals surface area contributed by atoms with Crippen molar-refractivity contribution in [3.8, 4) is 0 Å². The van der Waals surface area contributed by atoms with Crippen LogP contribution in [-0.2, 0) is 13.0 Å². The summed E-state index contributed by atoms with van der Waals surface area (Å²) in [7, 11) is 0. The maximum Gasteiger partial charge on any atom is 0.254 e. The highest BCUT2D eigenvalue weighted by atomic mass is 35.5. The van der Waals surface area contributed by atoms with Gasteiger partial charge in [-0.2, -0.15) is 0 Å². The molecule has 0 saturated heterocycles. The Morgan fingerprint density at radius 1 is 1.29 bits per heavy atom. The maximum atomic E-state index is 13.2. The Hall–Kier alpha value is -2.07. The average Bonchev–Trinajstić information content (AvgIpc) is 2.49. The van der Waals surface area contributed by atoms with Crippen LogP contribution in [0.3, 0.4) is 0 Å². The van der Waals surface area contributed by atoms with Crippen LogP contribution in [0.25, 0.3) is 0 Å². The molecular formula is C16H14ClFN2O. The summed E-state index contributed by atoms with van der Waals surface area (Å²) < 4.78 is 13.2. The second-order valence-corrected chi connectivity index (χ2v) is 5.50. The third-order valence-electron chi connectivity index (χ3n) is 3.76. The van der Waals surface area contributed by atoms with E-state index in [0.29, 0.717) is 24.3 Å². The van der Waals surface area contributed by atoms with Gasteiger partial charge in [0.05, 0.1) is 5.02 Å². The van der Waals surface area contributed by atoms with Crippen molar-refractivity contribution in [3.05, 3.63) is 63.9 Å². The molecule has 0 aliphatic carbocycles. The standard InChI is InChI=1S/C16H14ClFN2O/c17-13-8-11(4-5-14(13)18)16(21)20-7-6-10-2-1-3-15(19)12(10)9-20/h1-5,8H,6-7,9,19H2. The first-order chi connectivity index (χ1) is 10.1. The molecule has 108 valence electrons. The van der Waals surface area contributed by atoms with Gasteiger partial charge >= 0.3 is 0 Å². The lowest BCUT2D eigenvalue weighted by molar-refractivity contribution is 0.0735. The molecule has 2 N–H and O–H groups in total. The molecule has 0 bridgehead atoms. The minimum atomic E-state index is -0.526. The van der Waals surface area contributed by atoms with E-state index < -0.39 is 5.82 Å². The Labute approximate surface area is 127 Å². The molecule has 0 saturated carbocycles. The summed E-state index contributed by atoms with van der Waals surface area (Å²) in [6, 6.07) is 9.81. The molecule has 1 aliphatic heterocycles. The van der Waals surface area contributed by atoms with Crippen LogP contribution in [0.1, 0.15) is 21.5 Å². The number of hydrogen-bond acceptors (Lipinski definition) is 2. The van der Waals surface area contributed by atoms with E-state index in [4.69, 9.17) is 17.3 Å². The van der Waals surface area contributed by atoms with Gasteiger partial charge in [-0.3, -0.25) is 4.79 Å². The van der Waals surface area contributed by atoms with Crippen molar-refractivity contribution in [2.24, 2.45) is 0 Å². The van der Waals surface area contributed by atoms with Crippen LogP contribution in [-0.4, -0.2) is 17.4 Å². The number of halogens is 2. The van der Waals surface area contributed by atoms with Gasteiger partial charge in [-0.15, -0.1) is 0 Å². The Balaban J connectivity index is 1.87. The monoisotopic (exact) mass is 304 g/mol. The molecule has 1 heterocycles. The van der Waals surface area contributed by atoms with E-state index in [1.54, 1.807) is 4.90 Å². The molecule has 3 rings (SSSR count). The first-order valence-corrected chi connectivity index (χ1v) is 7.04. The number of benzene rings is 2. The number of fused-ring (bicyclic) bond motifs is 1. The van der Waals surface area contributed by atoms with Crippen molar-refractivity contribution >= 4 is 23.2 Å². The molecule has 5 heteroatoms. The zero-order valence-electron chi connectivity index (χ0n) is 11.3. The minimum absolute atomic E-state index is 0.0437. The lowest BCUT2D eigenvalue weighted by Crippen LogP contribution is -2.36. The Morgan fingerprint density at radius 2 is 2.10 bits per heavy atom. The number of anilines is 1. The van der Waals surface area contributed by atoms with Gasteiger partial charge in [0.1, 0.15) is 5.82 Å². The topological polar surface area (TPSA) is 46.3 Å². The number of hydrogen-bond donors (Lipinski definition) is 1. The molecule has 21 heavy (non-hydrogen) atoms. The molecule has 0 aromatic heterocycles. The SMILES string of the molecule is Nc1cccc2c1CN(C(=O)c1ccc(F)c(Cl)c1)CC2. The van der Waals surface area contributed by atoms with E-state index in [0.717, 1.165) is 12.0 Å². The molecule has 1 aliphatic rings. The predicted octanol–water partition coefficient (Wildman–Crippen LogP) is 3.26. The predicted molar refractivity (Wildman–Crippen MR) is 80.7 cm³/mol. The van der Waals surface area contributed by atoms with Gasteiger partial charge in [0.25, 0.3) is 5.91 Å². The highest BCUT2D eigenvalue weighted by molar-refractivity contribution is 6.31. The maximum absolute atomic E-state index is 13.2. The number of rotatable bonds is 1. The third kappa shape index (κ3) is 2.59. The summed E-state index contributed by atoms with van der Waals surface area (Å²) in [5.74, 6) is -0.688. The third-order valence-corrected chi connectivity index (χ3v) is 4.05. The number of nitrogens with two attached hydrogens (primary N) is 1. The van der Waals surface area contributed by atoms with Crippen molar-refractivity contribution in [1.82, 2.24) is 4.90 Å². The molecule has 3 nitrogen and oxygen atoms in total. The Morgan fingerprint density at radius 3 is 2.86 bits per heavy atom. The lowest BCUT2D eigenvalue weighted by Gasteiger charge is -2.29. The van der Waals surface area contributed by atoms with Crippen LogP contribution in [0, 0.1) is 5.82 Å². The second-order valence-electron chi connectivity index (χ2n) is 5.09. The number of carbonyl (C=O) groups is 1. The van der Waals surface area contributed by atoms with Crippen molar-refractivity contribution < 1.29 is 9.18 Å². The summed E-state index contributed by atoms with van der Waals surface area (Å²) >= 11 is 5.74. The normalized spacial score (nSPS) is 13.9. The number of carbonyl (C=O) groups excluding carboxylic acids is 1. The van der Waals surface area contributed by atoms with E-state index in [-0.39, 0.29) is 10.9 Å². The Kier molecular flexibility index (Phi) is 3.55. The molecule has 0 fully saturated rings. The average molecular weight is 305 g/mol. The van der Waals surface area contributed by atoms with Gasteiger partial charge in [0.15, 0.2) is 0 Å². The van der Waals surface area contributed by atoms with Crippen molar-refractivity contribution in [2.75, 3.05) is 12.3 Å². The fourth-order valence-electron chi connectivity index (χ4n) is 2.59. The van der Waals surface area contributed by atoms with Gasteiger partial charge in [0.2, 0.25) is 0 Å². The largest absolute Gasteiger partial charge is 0.398 e. The molecule has 0 radical (unpaired) electrons. The van der Waals surface area contributed by atoms with E-state index in [1.165, 1.54) is 23.8 Å². The smallest absolute Gasteiger partial charge is 0.254 e. The fourth-order valence-corrected chi connectivity index (χ4v) is 2.77. The van der Waals surface area contributed by atoms with Crippen LogP contribution in [0.2, 0.25) is 5.02 Å². The summed E-state index contributed by atoms with van der Waals surface area (Å²) in [6.07, 6.45) is 0.765. The zero-order valence-corrected chi connectivity index (χ0v) is 12.0. The molecule has 0 unspecified atom stereocenters. The van der Waals surface area contributed by atoms with Gasteiger partial charge < -0.3 is 10.6 Å². The van der Waals surface area contributed by atoms with Gasteiger partial charge in [-0.1, -0.05) is 23.7 Å². The first-order valence-electron chi connectivity index (χ1n) is 6.67. The van der Waals surface area contributed by atoms with Gasteiger partial charge in [-0.05, 0) is 41.8 Å². The van der Waals surface area contributed by atoms with E-state index in [9.17, 15) is 9.18 Å². The van der Waals surface area contributed by atoms with E-state index >= 15 is 0 Å². The molecule has 2 aromatic rings. The molecule has 0 atom stereocenters. The summed E-state index contributed by atoms with van der Waals surface area (Å²) in [4.78, 5) is 14.2. The van der Waals surface area contributed by atoms with Crippen LogP contribution in [0.5, 0.6) is 0 Å². The molecule has 2 aromatic carbocycles. The molecule has 1 amide bonds. The van der Waals surface area contributed by atoms with Crippen LogP contribution >= 0.6 is 11.6 Å². The van der Waals surface area contributed by atoms with Crippen molar-refractivity contribution in [1.29, 1.82) is 0 Å². The summed E-state index contributed by atoms with van der Waals surface area (Å²) in [5, 5.41) is -0.0437. The quantitative estimate of drug-likeness (QED) is 0.822. The molecular weight excluding hydrogens is 291 g/mol. The van der Waals surface area contributed by atoms with Crippen molar-refractivity contribution in [3.63, 3.8) is 0 Å². The highest BCUT2D eigenvalue weighted by Gasteiger charge is 2.23. The van der Waals surface area contributed by atoms with Crippen LogP contribution < -0.4 is 5.73 Å². The van der Waals surface area contributed by atoms with Crippen molar-refractivity contribution in [2.45, 2.75) is 13.0 Å². The number of nitrogens with zero attached hydrogens (tertiary/aromatic N) is 1. The number of amides is 1. The highest BCUT2D eigenvalue weighted by Crippen LogP contribution is 2.26. The Bertz CT molecular complexity index is 717. The van der Waals surface area contributed by atoms with Gasteiger partial charge in [0, 0.05) is 24.3 Å².